The van der Waals surface area contributed by atoms with Crippen molar-refractivity contribution in [3.63, 3.8) is 0 Å². The van der Waals surface area contributed by atoms with E-state index in [9.17, 15) is 19.3 Å². The zero-order valence-electron chi connectivity index (χ0n) is 23.7. The standard InChI is InChI=1S/C28H36N7O6P/c1-4-9-20(16-21-17-31-25-23(32-21)24(29)34-28(30)35-25)18-11-13-19(14-12-18)26(36)33-22(27(37)38)10-7-8-15-42(39,40-5-2)41-6-3/h1,11-14,17,20,22H,5-10,15-16H2,2-3H3,(H,33,36)(H,37,38)(H4,29,30,31,34,35)/t20?,22-/m0/s1. The topological polar surface area (TPSA) is 206 Å². The van der Waals surface area contributed by atoms with Crippen molar-refractivity contribution in [3.8, 4) is 12.3 Å². The highest BCUT2D eigenvalue weighted by Crippen LogP contribution is 2.48. The van der Waals surface area contributed by atoms with E-state index in [4.69, 9.17) is 26.9 Å². The number of hydrogen-bond acceptors (Lipinski definition) is 11. The van der Waals surface area contributed by atoms with Gasteiger partial charge in [-0.1, -0.05) is 18.6 Å². The van der Waals surface area contributed by atoms with Crippen LogP contribution in [0.15, 0.2) is 30.5 Å². The van der Waals surface area contributed by atoms with Crippen molar-refractivity contribution in [2.75, 3.05) is 30.8 Å². The van der Waals surface area contributed by atoms with Crippen molar-refractivity contribution in [2.45, 2.75) is 57.9 Å². The summed E-state index contributed by atoms with van der Waals surface area (Å²) < 4.78 is 23.1. The van der Waals surface area contributed by atoms with Crippen molar-refractivity contribution < 1.29 is 28.3 Å². The number of carboxylic acid groups (broad SMARTS) is 1. The molecular weight excluding hydrogens is 561 g/mol. The molecule has 2 aromatic heterocycles. The third-order valence-electron chi connectivity index (χ3n) is 6.39. The summed E-state index contributed by atoms with van der Waals surface area (Å²) in [4.78, 5) is 41.5. The van der Waals surface area contributed by atoms with E-state index < -0.39 is 25.5 Å². The maximum atomic E-state index is 12.9. The number of aliphatic carboxylic acids is 1. The summed E-state index contributed by atoms with van der Waals surface area (Å²) in [6, 6.07) is 5.68. The fraction of sp³-hybridized carbons (Fsp3) is 0.429. The number of anilines is 2. The molecule has 224 valence electrons. The van der Waals surface area contributed by atoms with Crippen LogP contribution in [-0.4, -0.2) is 62.3 Å². The van der Waals surface area contributed by atoms with Crippen LogP contribution >= 0.6 is 7.60 Å². The van der Waals surface area contributed by atoms with Crippen LogP contribution in [0.25, 0.3) is 11.2 Å². The molecule has 2 heterocycles. The van der Waals surface area contributed by atoms with Crippen molar-refractivity contribution in [2.24, 2.45) is 0 Å². The largest absolute Gasteiger partial charge is 0.480 e. The first-order valence-corrected chi connectivity index (χ1v) is 15.3. The number of carboxylic acids is 1. The second kappa shape index (κ2) is 15.2. The van der Waals surface area contributed by atoms with Gasteiger partial charge in [-0.25, -0.2) is 14.8 Å². The molecule has 0 bridgehead atoms. The number of nitrogens with zero attached hydrogens (tertiary/aromatic N) is 4. The van der Waals surface area contributed by atoms with E-state index in [2.05, 4.69) is 31.2 Å². The van der Waals surface area contributed by atoms with E-state index in [0.717, 1.165) is 5.56 Å². The molecule has 0 fully saturated rings. The number of nitrogens with one attached hydrogen (secondary N) is 1. The van der Waals surface area contributed by atoms with Gasteiger partial charge in [-0.05, 0) is 50.8 Å². The van der Waals surface area contributed by atoms with Crippen molar-refractivity contribution >= 4 is 42.4 Å². The quantitative estimate of drug-likeness (QED) is 0.106. The Bertz CT molecular complexity index is 1470. The molecule has 6 N–H and O–H groups in total. The molecule has 0 radical (unpaired) electrons. The summed E-state index contributed by atoms with van der Waals surface area (Å²) in [5, 5.41) is 12.2. The lowest BCUT2D eigenvalue weighted by Crippen LogP contribution is -2.40. The molecule has 3 aromatic rings. The summed E-state index contributed by atoms with van der Waals surface area (Å²) in [5.74, 6) is 1.01. The van der Waals surface area contributed by atoms with Crippen molar-refractivity contribution in [3.05, 3.63) is 47.3 Å². The van der Waals surface area contributed by atoms with E-state index in [1.807, 2.05) is 0 Å². The van der Waals surface area contributed by atoms with Crippen LogP contribution in [0, 0.1) is 12.3 Å². The third kappa shape index (κ3) is 8.94. The molecule has 0 aliphatic heterocycles. The number of carbonyl (C=O) groups is 2. The first kappa shape index (κ1) is 32.4. The van der Waals surface area contributed by atoms with Gasteiger partial charge in [0, 0.05) is 17.9 Å². The van der Waals surface area contributed by atoms with Gasteiger partial charge in [-0.15, -0.1) is 12.3 Å². The van der Waals surface area contributed by atoms with Gasteiger partial charge in [0.05, 0.1) is 31.3 Å². The zero-order chi connectivity index (χ0) is 30.7. The average Bonchev–Trinajstić information content (AvgIpc) is 2.95. The normalized spacial score (nSPS) is 12.9. The number of nitrogens with two attached hydrogens (primary N) is 2. The zero-order valence-corrected chi connectivity index (χ0v) is 24.5. The maximum Gasteiger partial charge on any atom is 0.330 e. The van der Waals surface area contributed by atoms with Crippen LogP contribution in [0.3, 0.4) is 0 Å². The Kier molecular flexibility index (Phi) is 11.7. The molecule has 1 unspecified atom stereocenters. The Morgan fingerprint density at radius 1 is 1.10 bits per heavy atom. The van der Waals surface area contributed by atoms with Crippen LogP contribution < -0.4 is 16.8 Å². The van der Waals surface area contributed by atoms with Crippen molar-refractivity contribution in [1.29, 1.82) is 0 Å². The van der Waals surface area contributed by atoms with Crippen LogP contribution in [0.5, 0.6) is 0 Å². The number of nitrogen functional groups attached to an aromatic ring is 2. The van der Waals surface area contributed by atoms with Crippen LogP contribution in [-0.2, 0) is 24.8 Å². The summed E-state index contributed by atoms with van der Waals surface area (Å²) in [7, 11) is -3.20. The second-order valence-electron chi connectivity index (χ2n) is 9.46. The molecule has 13 nitrogen and oxygen atoms in total. The van der Waals surface area contributed by atoms with Gasteiger partial charge >= 0.3 is 13.6 Å². The van der Waals surface area contributed by atoms with E-state index in [0.29, 0.717) is 48.1 Å². The van der Waals surface area contributed by atoms with Gasteiger partial charge in [-0.2, -0.15) is 9.97 Å². The summed E-state index contributed by atoms with van der Waals surface area (Å²) in [6.45, 7) is 3.97. The van der Waals surface area contributed by atoms with Gasteiger partial charge in [0.25, 0.3) is 5.91 Å². The molecule has 42 heavy (non-hydrogen) atoms. The predicted molar refractivity (Wildman–Crippen MR) is 159 cm³/mol. The molecule has 0 saturated heterocycles. The molecule has 0 aliphatic carbocycles. The number of terminal acetylenes is 1. The smallest absolute Gasteiger partial charge is 0.330 e. The van der Waals surface area contributed by atoms with E-state index in [1.54, 1.807) is 44.3 Å². The molecule has 0 aliphatic rings. The van der Waals surface area contributed by atoms with Crippen LogP contribution in [0.1, 0.15) is 67.1 Å². The highest BCUT2D eigenvalue weighted by atomic mass is 31.2. The lowest BCUT2D eigenvalue weighted by atomic mass is 9.91. The molecule has 3 rings (SSSR count). The fourth-order valence-corrected chi connectivity index (χ4v) is 6.13. The van der Waals surface area contributed by atoms with Gasteiger partial charge in [0.15, 0.2) is 17.0 Å². The minimum absolute atomic E-state index is 0.0117. The highest BCUT2D eigenvalue weighted by molar-refractivity contribution is 7.53. The maximum absolute atomic E-state index is 12.9. The summed E-state index contributed by atoms with van der Waals surface area (Å²) in [6.07, 6.45) is 9.24. The predicted octanol–water partition coefficient (Wildman–Crippen LogP) is 3.55. The number of carbonyl (C=O) groups excluding carboxylic acids is 1. The lowest BCUT2D eigenvalue weighted by Gasteiger charge is -2.18. The fourth-order valence-electron chi connectivity index (χ4n) is 4.40. The monoisotopic (exact) mass is 597 g/mol. The molecule has 0 spiro atoms. The minimum Gasteiger partial charge on any atom is -0.480 e. The first-order chi connectivity index (χ1) is 20.1. The van der Waals surface area contributed by atoms with E-state index in [1.165, 1.54) is 0 Å². The van der Waals surface area contributed by atoms with Gasteiger partial charge in [-0.3, -0.25) is 9.36 Å². The number of fused-ring (bicyclic) bond motifs is 1. The molecule has 2 atom stereocenters. The van der Waals surface area contributed by atoms with E-state index in [-0.39, 0.29) is 43.5 Å². The molecule has 14 heteroatoms. The Morgan fingerprint density at radius 2 is 1.79 bits per heavy atom. The first-order valence-electron chi connectivity index (χ1n) is 13.6. The van der Waals surface area contributed by atoms with Crippen LogP contribution in [0.2, 0.25) is 0 Å². The second-order valence-corrected chi connectivity index (χ2v) is 11.6. The number of aromatic nitrogens is 4. The number of hydrogen-bond donors (Lipinski definition) is 4. The van der Waals surface area contributed by atoms with Crippen LogP contribution in [0.4, 0.5) is 11.8 Å². The Hall–Kier alpha value is -4.11. The van der Waals surface area contributed by atoms with Gasteiger partial charge in [0.1, 0.15) is 6.04 Å². The summed E-state index contributed by atoms with van der Waals surface area (Å²) in [5.41, 5.74) is 14.0. The lowest BCUT2D eigenvalue weighted by molar-refractivity contribution is -0.139. The van der Waals surface area contributed by atoms with Gasteiger partial charge in [0.2, 0.25) is 5.95 Å². The number of unbranched alkanes of at least 4 members (excludes halogenated alkanes) is 1. The SMILES string of the molecule is C#CCC(Cc1cnc2nc(N)nc(N)c2n1)c1ccc(C(=O)N[C@@H](CCCCP(=O)(OCC)OCC)C(=O)O)cc1. The third-order valence-corrected chi connectivity index (χ3v) is 8.56. The Labute approximate surface area is 244 Å². The minimum atomic E-state index is -3.20. The Morgan fingerprint density at radius 3 is 2.40 bits per heavy atom. The molecule has 1 aromatic carbocycles. The van der Waals surface area contributed by atoms with Gasteiger partial charge < -0.3 is 30.9 Å². The Balaban J connectivity index is 1.63. The molecule has 0 saturated carbocycles. The molecular formula is C28H36N7O6P. The number of amides is 1. The highest BCUT2D eigenvalue weighted by Gasteiger charge is 2.25. The van der Waals surface area contributed by atoms with E-state index >= 15 is 0 Å². The molecule has 1 amide bonds. The number of benzene rings is 1. The summed E-state index contributed by atoms with van der Waals surface area (Å²) >= 11 is 0. The van der Waals surface area contributed by atoms with Crippen molar-refractivity contribution in [1.82, 2.24) is 25.3 Å². The average molecular weight is 598 g/mol. The number of rotatable bonds is 16.